The quantitative estimate of drug-likeness (QED) is 0.788. The van der Waals surface area contributed by atoms with Crippen molar-refractivity contribution in [2.45, 2.75) is 0 Å². The number of amides is 1. The van der Waals surface area contributed by atoms with E-state index in [-0.39, 0.29) is 16.4 Å². The number of hydrogen-bond donors (Lipinski definition) is 1. The highest BCUT2D eigenvalue weighted by atomic mass is 35.5. The second kappa shape index (κ2) is 6.52. The number of halogens is 2. The Labute approximate surface area is 141 Å². The van der Waals surface area contributed by atoms with Gasteiger partial charge in [0.1, 0.15) is 17.6 Å². The number of aromatic nitrogens is 2. The summed E-state index contributed by atoms with van der Waals surface area (Å²) in [4.78, 5) is 12.2. The van der Waals surface area contributed by atoms with E-state index in [1.165, 1.54) is 35.1 Å². The Morgan fingerprint density at radius 2 is 2.04 bits per heavy atom. The normalized spacial score (nSPS) is 10.2. The zero-order valence-electron chi connectivity index (χ0n) is 12.2. The van der Waals surface area contributed by atoms with Gasteiger partial charge < -0.3 is 5.32 Å². The average molecular weight is 341 g/mol. The molecule has 0 unspecified atom stereocenters. The number of carbonyl (C=O) groups excluding carboxylic acids is 1. The molecule has 3 rings (SSSR count). The average Bonchev–Trinajstić information content (AvgIpc) is 3.05. The van der Waals surface area contributed by atoms with E-state index in [9.17, 15) is 9.18 Å². The second-order valence-corrected chi connectivity index (χ2v) is 5.26. The lowest BCUT2D eigenvalue weighted by atomic mass is 10.2. The first-order chi connectivity index (χ1) is 11.6. The highest BCUT2D eigenvalue weighted by Crippen LogP contribution is 2.20. The summed E-state index contributed by atoms with van der Waals surface area (Å²) in [5.74, 6) is -0.905. The molecule has 0 atom stereocenters. The molecule has 0 aliphatic rings. The first-order valence-electron chi connectivity index (χ1n) is 6.90. The molecule has 118 valence electrons. The highest BCUT2D eigenvalue weighted by molar-refractivity contribution is 6.32. The number of nitrogens with one attached hydrogen (secondary N) is 1. The topological polar surface area (TPSA) is 70.7 Å². The van der Waals surface area contributed by atoms with Crippen molar-refractivity contribution in [3.63, 3.8) is 0 Å². The van der Waals surface area contributed by atoms with E-state index >= 15 is 0 Å². The zero-order chi connectivity index (χ0) is 17.1. The molecule has 24 heavy (non-hydrogen) atoms. The zero-order valence-corrected chi connectivity index (χ0v) is 13.0. The Morgan fingerprint density at radius 3 is 2.75 bits per heavy atom. The number of carbonyl (C=O) groups is 1. The number of hydrogen-bond acceptors (Lipinski definition) is 3. The fraction of sp³-hybridized carbons (Fsp3) is 0. The van der Waals surface area contributed by atoms with Gasteiger partial charge in [0.05, 0.1) is 10.6 Å². The molecule has 0 spiro atoms. The van der Waals surface area contributed by atoms with E-state index < -0.39 is 11.7 Å². The largest absolute Gasteiger partial charge is 0.321 e. The van der Waals surface area contributed by atoms with Gasteiger partial charge in [-0.15, -0.1) is 0 Å². The molecule has 1 heterocycles. The number of nitrogens with zero attached hydrogens (tertiary/aromatic N) is 3. The minimum Gasteiger partial charge on any atom is -0.321 e. The molecule has 0 radical (unpaired) electrons. The van der Waals surface area contributed by atoms with Crippen molar-refractivity contribution in [2.24, 2.45) is 0 Å². The molecule has 0 saturated heterocycles. The van der Waals surface area contributed by atoms with Gasteiger partial charge in [0.25, 0.3) is 5.91 Å². The smallest absolute Gasteiger partial charge is 0.276 e. The number of nitriles is 1. The lowest BCUT2D eigenvalue weighted by Gasteiger charge is -2.05. The molecule has 0 aliphatic heterocycles. The van der Waals surface area contributed by atoms with E-state index in [1.807, 2.05) is 6.07 Å². The third-order valence-corrected chi connectivity index (χ3v) is 3.58. The van der Waals surface area contributed by atoms with E-state index in [0.29, 0.717) is 11.3 Å². The fourth-order valence-corrected chi connectivity index (χ4v) is 2.32. The summed E-state index contributed by atoms with van der Waals surface area (Å²) in [5, 5.41) is 15.8. The number of rotatable bonds is 3. The van der Waals surface area contributed by atoms with Gasteiger partial charge >= 0.3 is 0 Å². The van der Waals surface area contributed by atoms with Crippen molar-refractivity contribution < 1.29 is 9.18 Å². The van der Waals surface area contributed by atoms with E-state index in [4.69, 9.17) is 16.9 Å². The van der Waals surface area contributed by atoms with Gasteiger partial charge in [-0.1, -0.05) is 23.7 Å². The van der Waals surface area contributed by atoms with Gasteiger partial charge in [-0.05, 0) is 36.4 Å². The molecule has 0 aliphatic carbocycles. The highest BCUT2D eigenvalue weighted by Gasteiger charge is 2.13. The monoisotopic (exact) mass is 340 g/mol. The van der Waals surface area contributed by atoms with Crippen molar-refractivity contribution in [1.82, 2.24) is 9.78 Å². The minimum atomic E-state index is -0.467. The van der Waals surface area contributed by atoms with Gasteiger partial charge in [-0.2, -0.15) is 10.4 Å². The van der Waals surface area contributed by atoms with Gasteiger partial charge in [0.2, 0.25) is 0 Å². The summed E-state index contributed by atoms with van der Waals surface area (Å²) in [7, 11) is 0. The van der Waals surface area contributed by atoms with Gasteiger partial charge in [0, 0.05) is 11.9 Å². The number of anilines is 1. The molecule has 0 saturated carbocycles. The molecule has 1 N–H and O–H groups in total. The van der Waals surface area contributed by atoms with Crippen LogP contribution in [0.2, 0.25) is 5.02 Å². The SMILES string of the molecule is N#Cc1ccc(NC(=O)c2ccn(-c3ccccc3F)n2)cc1Cl. The van der Waals surface area contributed by atoms with E-state index in [0.717, 1.165) is 0 Å². The lowest BCUT2D eigenvalue weighted by Crippen LogP contribution is -2.13. The summed E-state index contributed by atoms with van der Waals surface area (Å²) >= 11 is 5.93. The van der Waals surface area contributed by atoms with Crippen LogP contribution in [-0.4, -0.2) is 15.7 Å². The van der Waals surface area contributed by atoms with Crippen LogP contribution in [0.25, 0.3) is 5.69 Å². The molecule has 1 amide bonds. The van der Waals surface area contributed by atoms with Crippen LogP contribution < -0.4 is 5.32 Å². The van der Waals surface area contributed by atoms with Crippen molar-refractivity contribution in [3.05, 3.63) is 76.8 Å². The summed E-state index contributed by atoms with van der Waals surface area (Å²) in [6, 6.07) is 14.1. The standard InChI is InChI=1S/C17H10ClFN4O/c18-13-9-12(6-5-11(13)10-20)21-17(24)15-7-8-23(22-15)16-4-2-1-3-14(16)19/h1-9H,(H,21,24). The summed E-state index contributed by atoms with van der Waals surface area (Å²) in [6.07, 6.45) is 1.50. The summed E-state index contributed by atoms with van der Waals surface area (Å²) in [5.41, 5.74) is 1.12. The van der Waals surface area contributed by atoms with Crippen LogP contribution in [-0.2, 0) is 0 Å². The van der Waals surface area contributed by atoms with Crippen molar-refractivity contribution in [2.75, 3.05) is 5.32 Å². The Kier molecular flexibility index (Phi) is 4.27. The maximum Gasteiger partial charge on any atom is 0.276 e. The third kappa shape index (κ3) is 3.12. The molecule has 5 nitrogen and oxygen atoms in total. The first-order valence-corrected chi connectivity index (χ1v) is 7.28. The fourth-order valence-electron chi connectivity index (χ4n) is 2.10. The van der Waals surface area contributed by atoms with Crippen LogP contribution in [0.5, 0.6) is 0 Å². The van der Waals surface area contributed by atoms with Crippen LogP contribution in [0.3, 0.4) is 0 Å². The second-order valence-electron chi connectivity index (χ2n) is 4.86. The first kappa shape index (κ1) is 15.7. The Hall–Kier alpha value is -3.17. The van der Waals surface area contributed by atoms with E-state index in [2.05, 4.69) is 10.4 Å². The van der Waals surface area contributed by atoms with Crippen LogP contribution in [0.1, 0.15) is 16.1 Å². The Balaban J connectivity index is 1.81. The Bertz CT molecular complexity index is 961. The number of benzene rings is 2. The van der Waals surface area contributed by atoms with Crippen molar-refractivity contribution in [3.8, 4) is 11.8 Å². The third-order valence-electron chi connectivity index (χ3n) is 3.27. The molecule has 0 fully saturated rings. The van der Waals surface area contributed by atoms with Gasteiger partial charge in [-0.3, -0.25) is 4.79 Å². The van der Waals surface area contributed by atoms with Crippen LogP contribution in [0.4, 0.5) is 10.1 Å². The van der Waals surface area contributed by atoms with E-state index in [1.54, 1.807) is 24.3 Å². The molecule has 1 aromatic heterocycles. The molecule has 0 bridgehead atoms. The van der Waals surface area contributed by atoms with Crippen LogP contribution in [0.15, 0.2) is 54.7 Å². The Morgan fingerprint density at radius 1 is 1.25 bits per heavy atom. The number of para-hydroxylation sites is 1. The molecule has 7 heteroatoms. The van der Waals surface area contributed by atoms with Gasteiger partial charge in [0.15, 0.2) is 5.69 Å². The van der Waals surface area contributed by atoms with Crippen molar-refractivity contribution in [1.29, 1.82) is 5.26 Å². The van der Waals surface area contributed by atoms with Gasteiger partial charge in [-0.25, -0.2) is 9.07 Å². The maximum absolute atomic E-state index is 13.7. The summed E-state index contributed by atoms with van der Waals surface area (Å²) in [6.45, 7) is 0. The predicted molar refractivity (Wildman–Crippen MR) is 87.6 cm³/mol. The van der Waals surface area contributed by atoms with Crippen molar-refractivity contribution >= 4 is 23.2 Å². The lowest BCUT2D eigenvalue weighted by molar-refractivity contribution is 0.102. The van der Waals surface area contributed by atoms with Crippen LogP contribution >= 0.6 is 11.6 Å². The molecular formula is C17H10ClFN4O. The minimum absolute atomic E-state index is 0.124. The maximum atomic E-state index is 13.7. The predicted octanol–water partition coefficient (Wildman–Crippen LogP) is 3.79. The molecule has 3 aromatic rings. The summed E-state index contributed by atoms with van der Waals surface area (Å²) < 4.78 is 15.0. The van der Waals surface area contributed by atoms with Crippen LogP contribution in [0, 0.1) is 17.1 Å². The molecular weight excluding hydrogens is 331 g/mol. The molecule has 2 aromatic carbocycles.